The summed E-state index contributed by atoms with van der Waals surface area (Å²) in [5.74, 6) is 1.51. The molecule has 1 heterocycles. The van der Waals surface area contributed by atoms with Crippen LogP contribution in [0.3, 0.4) is 0 Å². The molecule has 1 aromatic heterocycles. The maximum atomic E-state index is 13.9. The van der Waals surface area contributed by atoms with Gasteiger partial charge in [0.15, 0.2) is 0 Å². The highest BCUT2D eigenvalue weighted by Crippen LogP contribution is 2.24. The van der Waals surface area contributed by atoms with Crippen LogP contribution in [0.5, 0.6) is 0 Å². The van der Waals surface area contributed by atoms with Gasteiger partial charge in [-0.25, -0.2) is 4.39 Å². The van der Waals surface area contributed by atoms with E-state index >= 15 is 0 Å². The third-order valence-corrected chi connectivity index (χ3v) is 3.50. The fourth-order valence-corrected chi connectivity index (χ4v) is 2.36. The summed E-state index contributed by atoms with van der Waals surface area (Å²) in [5, 5.41) is 3.75. The summed E-state index contributed by atoms with van der Waals surface area (Å²) in [6.45, 7) is 4.86. The zero-order valence-corrected chi connectivity index (χ0v) is 12.5. The highest BCUT2D eigenvalue weighted by atomic mass is 35.5. The minimum atomic E-state index is -0.275. The van der Waals surface area contributed by atoms with Crippen LogP contribution in [-0.4, -0.2) is 6.54 Å². The summed E-state index contributed by atoms with van der Waals surface area (Å²) >= 11 is 5.78. The molecule has 0 radical (unpaired) electrons. The first-order chi connectivity index (χ1) is 9.63. The number of benzene rings is 1. The Kier molecular flexibility index (Phi) is 5.21. The van der Waals surface area contributed by atoms with Crippen molar-refractivity contribution in [3.63, 3.8) is 0 Å². The van der Waals surface area contributed by atoms with E-state index in [1.54, 1.807) is 12.1 Å². The van der Waals surface area contributed by atoms with Crippen molar-refractivity contribution in [1.82, 2.24) is 5.32 Å². The molecule has 0 aliphatic heterocycles. The van der Waals surface area contributed by atoms with Crippen molar-refractivity contribution >= 4 is 11.6 Å². The van der Waals surface area contributed by atoms with Crippen molar-refractivity contribution in [1.29, 1.82) is 0 Å². The van der Waals surface area contributed by atoms with E-state index in [1.807, 2.05) is 26.0 Å². The van der Waals surface area contributed by atoms with Gasteiger partial charge < -0.3 is 9.73 Å². The van der Waals surface area contributed by atoms with Gasteiger partial charge in [0, 0.05) is 11.4 Å². The highest BCUT2D eigenvalue weighted by Gasteiger charge is 2.17. The Morgan fingerprint density at radius 3 is 2.65 bits per heavy atom. The van der Waals surface area contributed by atoms with E-state index in [4.69, 9.17) is 16.0 Å². The first kappa shape index (κ1) is 15.1. The molecule has 4 heteroatoms. The number of furan rings is 1. The van der Waals surface area contributed by atoms with Crippen LogP contribution in [-0.2, 0) is 12.8 Å². The smallest absolute Gasteiger partial charge is 0.127 e. The van der Waals surface area contributed by atoms with E-state index in [1.165, 1.54) is 6.07 Å². The molecule has 1 aromatic carbocycles. The summed E-state index contributed by atoms with van der Waals surface area (Å²) in [7, 11) is 0. The van der Waals surface area contributed by atoms with E-state index in [9.17, 15) is 4.39 Å². The van der Waals surface area contributed by atoms with Gasteiger partial charge in [-0.1, -0.05) is 31.5 Å². The third-order valence-electron chi connectivity index (χ3n) is 3.26. The SMILES string of the molecule is CCNC(Cc1ccc(Cl)cc1F)c1ccc(CC)o1. The minimum Gasteiger partial charge on any atom is -0.464 e. The van der Waals surface area contributed by atoms with Gasteiger partial charge in [0.2, 0.25) is 0 Å². The van der Waals surface area contributed by atoms with Crippen molar-refractivity contribution in [3.8, 4) is 0 Å². The van der Waals surface area contributed by atoms with Crippen LogP contribution < -0.4 is 5.32 Å². The summed E-state index contributed by atoms with van der Waals surface area (Å²) in [6, 6.07) is 8.68. The quantitative estimate of drug-likeness (QED) is 0.847. The standard InChI is InChI=1S/C16H19ClFNO/c1-3-13-7-8-16(20-13)15(19-4-2)9-11-5-6-12(17)10-14(11)18/h5-8,10,15,19H,3-4,9H2,1-2H3. The summed E-state index contributed by atoms with van der Waals surface area (Å²) in [4.78, 5) is 0. The average Bonchev–Trinajstić information content (AvgIpc) is 2.90. The Labute approximate surface area is 123 Å². The summed E-state index contributed by atoms with van der Waals surface area (Å²) in [6.07, 6.45) is 1.39. The van der Waals surface area contributed by atoms with E-state index in [-0.39, 0.29) is 11.9 Å². The Hall–Kier alpha value is -1.32. The molecule has 0 spiro atoms. The van der Waals surface area contributed by atoms with Gasteiger partial charge in [0.05, 0.1) is 6.04 Å². The molecule has 0 saturated heterocycles. The monoisotopic (exact) mass is 295 g/mol. The molecule has 0 amide bonds. The van der Waals surface area contributed by atoms with Crippen LogP contribution in [0.1, 0.15) is 37.0 Å². The molecule has 20 heavy (non-hydrogen) atoms. The fourth-order valence-electron chi connectivity index (χ4n) is 2.20. The molecule has 0 saturated carbocycles. The lowest BCUT2D eigenvalue weighted by Crippen LogP contribution is -2.22. The second-order valence-corrected chi connectivity index (χ2v) is 5.14. The highest BCUT2D eigenvalue weighted by molar-refractivity contribution is 6.30. The van der Waals surface area contributed by atoms with Gasteiger partial charge >= 0.3 is 0 Å². The molecular formula is C16H19ClFNO. The molecule has 0 bridgehead atoms. The molecule has 2 aromatic rings. The van der Waals surface area contributed by atoms with Gasteiger partial charge in [-0.2, -0.15) is 0 Å². The third kappa shape index (κ3) is 3.62. The van der Waals surface area contributed by atoms with Crippen LogP contribution in [0.15, 0.2) is 34.7 Å². The fraction of sp³-hybridized carbons (Fsp3) is 0.375. The molecule has 108 valence electrons. The zero-order chi connectivity index (χ0) is 14.5. The van der Waals surface area contributed by atoms with E-state index < -0.39 is 0 Å². The van der Waals surface area contributed by atoms with Crippen molar-refractivity contribution in [3.05, 3.63) is 58.3 Å². The predicted molar refractivity (Wildman–Crippen MR) is 79.6 cm³/mol. The van der Waals surface area contributed by atoms with Crippen LogP contribution in [0.4, 0.5) is 4.39 Å². The lowest BCUT2D eigenvalue weighted by atomic mass is 10.0. The molecule has 1 unspecified atom stereocenters. The van der Waals surface area contributed by atoms with Gasteiger partial charge in [0.25, 0.3) is 0 Å². The van der Waals surface area contributed by atoms with Crippen LogP contribution >= 0.6 is 11.6 Å². The van der Waals surface area contributed by atoms with Crippen molar-refractivity contribution in [2.45, 2.75) is 32.7 Å². The minimum absolute atomic E-state index is 0.0315. The number of hydrogen-bond donors (Lipinski definition) is 1. The van der Waals surface area contributed by atoms with Crippen LogP contribution in [0.2, 0.25) is 5.02 Å². The number of rotatable bonds is 6. The first-order valence-electron chi connectivity index (χ1n) is 6.90. The topological polar surface area (TPSA) is 25.2 Å². The second kappa shape index (κ2) is 6.91. The van der Waals surface area contributed by atoms with Crippen LogP contribution in [0, 0.1) is 5.82 Å². The van der Waals surface area contributed by atoms with Crippen molar-refractivity contribution in [2.24, 2.45) is 0 Å². The largest absolute Gasteiger partial charge is 0.464 e. The van der Waals surface area contributed by atoms with Crippen molar-refractivity contribution < 1.29 is 8.81 Å². The second-order valence-electron chi connectivity index (χ2n) is 4.71. The first-order valence-corrected chi connectivity index (χ1v) is 7.27. The number of aryl methyl sites for hydroxylation is 1. The maximum Gasteiger partial charge on any atom is 0.127 e. The van der Waals surface area contributed by atoms with E-state index in [2.05, 4.69) is 5.32 Å². The summed E-state index contributed by atoms with van der Waals surface area (Å²) < 4.78 is 19.7. The average molecular weight is 296 g/mol. The van der Waals surface area contributed by atoms with Gasteiger partial charge in [0.1, 0.15) is 17.3 Å². The molecule has 0 aliphatic carbocycles. The number of likely N-dealkylation sites (N-methyl/N-ethyl adjacent to an activating group) is 1. The number of nitrogens with one attached hydrogen (secondary N) is 1. The van der Waals surface area contributed by atoms with Gasteiger partial charge in [-0.15, -0.1) is 0 Å². The normalized spacial score (nSPS) is 12.6. The van der Waals surface area contributed by atoms with E-state index in [0.717, 1.165) is 24.5 Å². The Balaban J connectivity index is 2.20. The lowest BCUT2D eigenvalue weighted by molar-refractivity contribution is 0.394. The molecule has 1 N–H and O–H groups in total. The lowest BCUT2D eigenvalue weighted by Gasteiger charge is -2.16. The van der Waals surface area contributed by atoms with Crippen molar-refractivity contribution in [2.75, 3.05) is 6.54 Å². The van der Waals surface area contributed by atoms with Crippen LogP contribution in [0.25, 0.3) is 0 Å². The molecule has 2 nitrogen and oxygen atoms in total. The predicted octanol–water partition coefficient (Wildman–Crippen LogP) is 4.53. The van der Waals surface area contributed by atoms with Gasteiger partial charge in [-0.05, 0) is 42.8 Å². The molecular weight excluding hydrogens is 277 g/mol. The Bertz CT molecular complexity index is 567. The number of halogens is 2. The Morgan fingerprint density at radius 1 is 1.25 bits per heavy atom. The molecule has 0 aliphatic rings. The molecule has 1 atom stereocenters. The molecule has 2 rings (SSSR count). The Morgan fingerprint density at radius 2 is 2.05 bits per heavy atom. The molecule has 0 fully saturated rings. The van der Waals surface area contributed by atoms with Gasteiger partial charge in [-0.3, -0.25) is 0 Å². The zero-order valence-electron chi connectivity index (χ0n) is 11.7. The number of hydrogen-bond acceptors (Lipinski definition) is 2. The van der Waals surface area contributed by atoms with E-state index in [0.29, 0.717) is 17.0 Å². The summed E-state index contributed by atoms with van der Waals surface area (Å²) in [5.41, 5.74) is 0.634. The maximum absolute atomic E-state index is 13.9.